The van der Waals surface area contributed by atoms with Gasteiger partial charge in [0.25, 0.3) is 0 Å². The van der Waals surface area contributed by atoms with E-state index in [1.807, 2.05) is 24.3 Å². The van der Waals surface area contributed by atoms with E-state index in [1.165, 1.54) is 26.9 Å². The predicted octanol–water partition coefficient (Wildman–Crippen LogP) is 13.7. The van der Waals surface area contributed by atoms with E-state index in [-0.39, 0.29) is 11.6 Å². The van der Waals surface area contributed by atoms with E-state index in [9.17, 15) is 8.78 Å². The molecule has 10 rings (SSSR count). The van der Waals surface area contributed by atoms with Crippen LogP contribution in [0.3, 0.4) is 0 Å². The van der Waals surface area contributed by atoms with Crippen LogP contribution in [0, 0.1) is 11.6 Å². The summed E-state index contributed by atoms with van der Waals surface area (Å²) in [5, 5.41) is 5.56. The Labute approximate surface area is 281 Å². The van der Waals surface area contributed by atoms with Crippen LogP contribution in [0.1, 0.15) is 0 Å². The molecule has 0 unspecified atom stereocenters. The summed E-state index contributed by atoms with van der Waals surface area (Å²) in [5.41, 5.74) is 6.23. The molecular weight excluding hydrogens is 637 g/mol. The third kappa shape index (κ3) is 4.13. The highest BCUT2D eigenvalue weighted by molar-refractivity contribution is 7.27. The number of halogens is 2. The Morgan fingerprint density at radius 1 is 0.479 bits per heavy atom. The average Bonchev–Trinajstić information content (AvgIpc) is 3.80. The van der Waals surface area contributed by atoms with Crippen LogP contribution >= 0.6 is 22.7 Å². The van der Waals surface area contributed by atoms with Crippen LogP contribution in [0.4, 0.5) is 25.8 Å². The van der Waals surface area contributed by atoms with E-state index >= 15 is 0 Å². The molecular formula is C42H23F2NOS2. The maximum absolute atomic E-state index is 14.9. The van der Waals surface area contributed by atoms with Gasteiger partial charge in [-0.25, -0.2) is 8.78 Å². The molecule has 10 aromatic rings. The average molecular weight is 660 g/mol. The van der Waals surface area contributed by atoms with E-state index in [2.05, 4.69) is 89.8 Å². The quantitative estimate of drug-likeness (QED) is 0.187. The molecule has 0 N–H and O–H groups in total. The van der Waals surface area contributed by atoms with Crippen molar-refractivity contribution in [2.24, 2.45) is 0 Å². The Hall–Kier alpha value is -5.56. The summed E-state index contributed by atoms with van der Waals surface area (Å²) in [5.74, 6) is -0.631. The third-order valence-corrected chi connectivity index (χ3v) is 11.5. The van der Waals surface area contributed by atoms with Crippen LogP contribution in [0.5, 0.6) is 0 Å². The van der Waals surface area contributed by atoms with Crippen molar-refractivity contribution in [3.05, 3.63) is 151 Å². The van der Waals surface area contributed by atoms with Gasteiger partial charge in [0.1, 0.15) is 17.2 Å². The number of fused-ring (bicyclic) bond motifs is 10. The number of rotatable bonds is 4. The highest BCUT2D eigenvalue weighted by Crippen LogP contribution is 2.51. The smallest absolute Gasteiger partial charge is 0.160 e. The van der Waals surface area contributed by atoms with Crippen molar-refractivity contribution >= 4 is 102 Å². The number of anilines is 3. The molecule has 2 nitrogen and oxygen atoms in total. The first-order valence-electron chi connectivity index (χ1n) is 15.6. The van der Waals surface area contributed by atoms with Gasteiger partial charge >= 0.3 is 0 Å². The van der Waals surface area contributed by atoms with Gasteiger partial charge in [0.15, 0.2) is 5.58 Å². The van der Waals surface area contributed by atoms with Crippen molar-refractivity contribution in [1.82, 2.24) is 0 Å². The Morgan fingerprint density at radius 2 is 1.19 bits per heavy atom. The second-order valence-electron chi connectivity index (χ2n) is 12.0. The van der Waals surface area contributed by atoms with Gasteiger partial charge in [-0.05, 0) is 83.9 Å². The van der Waals surface area contributed by atoms with Crippen molar-refractivity contribution in [2.45, 2.75) is 0 Å². The second-order valence-corrected chi connectivity index (χ2v) is 14.1. The SMILES string of the molecule is Fc1ccc2sc3c(cc(N(c4ccc(-c5ccccc5)cc4)c4cccc5sc6ccccc6c45)c4oc5ccc(F)cc5c43)c2c1. The lowest BCUT2D eigenvalue weighted by atomic mass is 10.0. The number of nitrogens with zero attached hydrogens (tertiary/aromatic N) is 1. The van der Waals surface area contributed by atoms with Crippen LogP contribution in [-0.2, 0) is 0 Å². The first-order valence-corrected chi connectivity index (χ1v) is 17.3. The van der Waals surface area contributed by atoms with Gasteiger partial charge in [0, 0.05) is 56.8 Å². The largest absolute Gasteiger partial charge is 0.454 e. The van der Waals surface area contributed by atoms with E-state index in [4.69, 9.17) is 4.42 Å². The predicted molar refractivity (Wildman–Crippen MR) is 200 cm³/mol. The molecule has 48 heavy (non-hydrogen) atoms. The number of hydrogen-bond donors (Lipinski definition) is 0. The lowest BCUT2D eigenvalue weighted by Gasteiger charge is -2.27. The molecule has 0 aliphatic heterocycles. The second kappa shape index (κ2) is 10.5. The number of hydrogen-bond acceptors (Lipinski definition) is 4. The van der Waals surface area contributed by atoms with Crippen LogP contribution in [0.15, 0.2) is 144 Å². The first-order chi connectivity index (χ1) is 23.6. The zero-order valence-corrected chi connectivity index (χ0v) is 26.8. The van der Waals surface area contributed by atoms with Crippen molar-refractivity contribution in [3.8, 4) is 11.1 Å². The molecule has 0 atom stereocenters. The van der Waals surface area contributed by atoms with Gasteiger partial charge < -0.3 is 9.32 Å². The summed E-state index contributed by atoms with van der Waals surface area (Å²) in [4.78, 5) is 2.25. The van der Waals surface area contributed by atoms with Gasteiger partial charge in [-0.15, -0.1) is 22.7 Å². The molecule has 0 spiro atoms. The zero-order chi connectivity index (χ0) is 31.9. The van der Waals surface area contributed by atoms with Crippen LogP contribution in [0.2, 0.25) is 0 Å². The minimum Gasteiger partial charge on any atom is -0.454 e. The molecule has 0 saturated carbocycles. The normalized spacial score (nSPS) is 12.0. The number of furan rings is 1. The Balaban J connectivity index is 1.35. The van der Waals surface area contributed by atoms with E-state index < -0.39 is 0 Å². The molecule has 0 radical (unpaired) electrons. The van der Waals surface area contributed by atoms with E-state index in [1.54, 1.807) is 40.9 Å². The Bertz CT molecular complexity index is 2870. The van der Waals surface area contributed by atoms with Gasteiger partial charge in [-0.1, -0.05) is 66.7 Å². The third-order valence-electron chi connectivity index (χ3n) is 9.17. The van der Waals surface area contributed by atoms with Gasteiger partial charge in [-0.2, -0.15) is 0 Å². The highest BCUT2D eigenvalue weighted by atomic mass is 32.1. The van der Waals surface area contributed by atoms with E-state index in [0.717, 1.165) is 59.1 Å². The Kier molecular flexibility index (Phi) is 6.01. The minimum atomic E-state index is -0.334. The van der Waals surface area contributed by atoms with Gasteiger partial charge in [0.2, 0.25) is 0 Å². The van der Waals surface area contributed by atoms with Crippen LogP contribution < -0.4 is 4.90 Å². The molecule has 0 fully saturated rings. The van der Waals surface area contributed by atoms with Crippen molar-refractivity contribution in [1.29, 1.82) is 0 Å². The maximum atomic E-state index is 14.9. The summed E-state index contributed by atoms with van der Waals surface area (Å²) in [6.45, 7) is 0. The van der Waals surface area contributed by atoms with Crippen LogP contribution in [-0.4, -0.2) is 0 Å². The number of benzene rings is 7. The molecule has 3 aromatic heterocycles. The van der Waals surface area contributed by atoms with Crippen molar-refractivity contribution in [2.75, 3.05) is 4.90 Å². The fraction of sp³-hybridized carbons (Fsp3) is 0. The summed E-state index contributed by atoms with van der Waals surface area (Å²) in [6, 6.07) is 45.5. The van der Waals surface area contributed by atoms with Gasteiger partial charge in [0.05, 0.1) is 11.4 Å². The molecule has 0 amide bonds. The lowest BCUT2D eigenvalue weighted by molar-refractivity contribution is 0.626. The monoisotopic (exact) mass is 659 g/mol. The molecule has 0 bridgehead atoms. The zero-order valence-electron chi connectivity index (χ0n) is 25.2. The summed E-state index contributed by atoms with van der Waals surface area (Å²) in [6.07, 6.45) is 0. The lowest BCUT2D eigenvalue weighted by Crippen LogP contribution is -2.10. The van der Waals surface area contributed by atoms with Crippen molar-refractivity contribution in [3.63, 3.8) is 0 Å². The summed E-state index contributed by atoms with van der Waals surface area (Å²) < 4.78 is 40.6. The molecule has 0 aliphatic rings. The molecule has 6 heteroatoms. The van der Waals surface area contributed by atoms with Gasteiger partial charge in [-0.3, -0.25) is 0 Å². The molecule has 0 saturated heterocycles. The maximum Gasteiger partial charge on any atom is 0.160 e. The minimum absolute atomic E-state index is 0.296. The van der Waals surface area contributed by atoms with Crippen LogP contribution in [0.25, 0.3) is 73.4 Å². The molecule has 228 valence electrons. The molecule has 7 aromatic carbocycles. The van der Waals surface area contributed by atoms with E-state index in [0.29, 0.717) is 16.6 Å². The summed E-state index contributed by atoms with van der Waals surface area (Å²) >= 11 is 3.34. The standard InChI is InChI=1S/C42H23F2NOS2/c43-26-15-19-35-32(22-26)40-41(46-35)34(23-31-30-21-27(44)16-20-37(30)48-42(31)40)45(28-17-13-25(14-18-28)24-7-2-1-3-8-24)33-10-6-12-38-39(33)29-9-4-5-11-36(29)47-38/h1-23H. The fourth-order valence-electron chi connectivity index (χ4n) is 7.05. The summed E-state index contributed by atoms with van der Waals surface area (Å²) in [7, 11) is 0. The first kappa shape index (κ1) is 27.5. The topological polar surface area (TPSA) is 16.4 Å². The number of thiophene rings is 2. The van der Waals surface area contributed by atoms with Crippen molar-refractivity contribution < 1.29 is 13.2 Å². The molecule has 0 aliphatic carbocycles. The molecule has 3 heterocycles. The fourth-order valence-corrected chi connectivity index (χ4v) is 9.39. The highest BCUT2D eigenvalue weighted by Gasteiger charge is 2.26. The Morgan fingerprint density at radius 3 is 2.04 bits per heavy atom.